The van der Waals surface area contributed by atoms with E-state index in [0.29, 0.717) is 18.1 Å². The Hall–Kier alpha value is -2.61. The number of carbonyl (C=O) groups excluding carboxylic acids is 1. The molecule has 1 spiro atoms. The van der Waals surface area contributed by atoms with Crippen LogP contribution in [0.2, 0.25) is 0 Å². The number of piperazine rings is 1. The molecule has 0 unspecified atom stereocenters. The summed E-state index contributed by atoms with van der Waals surface area (Å²) < 4.78 is 7.02. The van der Waals surface area contributed by atoms with Crippen LogP contribution in [0.5, 0.6) is 0 Å². The van der Waals surface area contributed by atoms with Crippen molar-refractivity contribution in [2.24, 2.45) is 12.5 Å². The number of hydrogen-bond donors (Lipinski definition) is 0. The highest BCUT2D eigenvalue weighted by Crippen LogP contribution is 2.50. The van der Waals surface area contributed by atoms with Gasteiger partial charge in [0.25, 0.3) is 0 Å². The highest BCUT2D eigenvalue weighted by molar-refractivity contribution is 5.75. The summed E-state index contributed by atoms with van der Waals surface area (Å²) in [5.41, 5.74) is 2.58. The Kier molecular flexibility index (Phi) is 5.33. The van der Waals surface area contributed by atoms with Gasteiger partial charge in [0.05, 0.1) is 12.8 Å². The van der Waals surface area contributed by atoms with E-state index >= 15 is 0 Å². The fraction of sp³-hybridized carbons (Fsp3) is 0.609. The summed E-state index contributed by atoms with van der Waals surface area (Å²) in [5.74, 6) is 1.06. The van der Waals surface area contributed by atoms with Gasteiger partial charge in [-0.2, -0.15) is 5.10 Å². The van der Waals surface area contributed by atoms with E-state index in [-0.39, 0.29) is 6.09 Å². The number of carbonyl (C=O) groups is 1. The first-order valence-corrected chi connectivity index (χ1v) is 11.4. The first-order valence-electron chi connectivity index (χ1n) is 11.4. The number of pyridine rings is 1. The van der Waals surface area contributed by atoms with Crippen LogP contribution < -0.4 is 4.90 Å². The Bertz CT molecular complexity index is 930. The van der Waals surface area contributed by atoms with Crippen LogP contribution in [-0.4, -0.2) is 82.6 Å². The van der Waals surface area contributed by atoms with Gasteiger partial charge in [-0.05, 0) is 43.7 Å². The Morgan fingerprint density at radius 3 is 2.74 bits per heavy atom. The molecule has 0 bridgehead atoms. The van der Waals surface area contributed by atoms with Crippen LogP contribution in [0.1, 0.15) is 26.2 Å². The number of likely N-dealkylation sites (tertiary alicyclic amines) is 1. The summed E-state index contributed by atoms with van der Waals surface area (Å²) >= 11 is 0. The third-order valence-corrected chi connectivity index (χ3v) is 7.23. The van der Waals surface area contributed by atoms with E-state index in [1.165, 1.54) is 12.8 Å². The summed E-state index contributed by atoms with van der Waals surface area (Å²) in [4.78, 5) is 23.7. The van der Waals surface area contributed by atoms with E-state index in [9.17, 15) is 4.79 Å². The van der Waals surface area contributed by atoms with Crippen LogP contribution in [0.4, 0.5) is 10.6 Å². The van der Waals surface area contributed by atoms with E-state index in [4.69, 9.17) is 9.72 Å². The molecular formula is C23H32N6O2. The van der Waals surface area contributed by atoms with Crippen molar-refractivity contribution in [3.63, 3.8) is 0 Å². The number of rotatable bonds is 4. The minimum absolute atomic E-state index is 0.142. The van der Waals surface area contributed by atoms with Crippen molar-refractivity contribution in [2.75, 3.05) is 50.8 Å². The zero-order chi connectivity index (χ0) is 21.4. The van der Waals surface area contributed by atoms with Crippen molar-refractivity contribution in [3.8, 4) is 11.1 Å². The van der Waals surface area contributed by atoms with Gasteiger partial charge in [-0.15, -0.1) is 0 Å². The SMILES string of the molecule is CCOC(=O)N1CCC2(CC(N3CCN(c4ncccc4-c4cnn(C)c4)CC3)C2)C1. The Morgan fingerprint density at radius 2 is 2.03 bits per heavy atom. The molecule has 1 amide bonds. The average Bonchev–Trinajstić information content (AvgIpc) is 3.40. The second kappa shape index (κ2) is 8.15. The van der Waals surface area contributed by atoms with Gasteiger partial charge in [-0.1, -0.05) is 0 Å². The zero-order valence-corrected chi connectivity index (χ0v) is 18.5. The van der Waals surface area contributed by atoms with E-state index in [2.05, 4.69) is 21.0 Å². The normalized spacial score (nSPS) is 26.3. The second-order valence-corrected chi connectivity index (χ2v) is 9.23. The number of ether oxygens (including phenoxy) is 1. The first-order chi connectivity index (χ1) is 15.1. The largest absolute Gasteiger partial charge is 0.450 e. The minimum atomic E-state index is -0.142. The summed E-state index contributed by atoms with van der Waals surface area (Å²) in [5, 5.41) is 4.32. The maximum atomic E-state index is 12.0. The van der Waals surface area contributed by atoms with Gasteiger partial charge in [0, 0.05) is 75.9 Å². The van der Waals surface area contributed by atoms with Crippen LogP contribution in [-0.2, 0) is 11.8 Å². The molecule has 2 aromatic rings. The van der Waals surface area contributed by atoms with Gasteiger partial charge in [0.1, 0.15) is 5.82 Å². The molecule has 8 heteroatoms. The molecule has 2 aliphatic heterocycles. The third kappa shape index (κ3) is 3.89. The standard InChI is InChI=1S/C23H32N6O2/c1-3-31-22(30)29-8-6-23(17-29)13-19(14-23)27-9-11-28(12-10-27)21-20(5-4-7-24-21)18-15-25-26(2)16-18/h4-5,7,15-16,19H,3,6,8-14,17H2,1-2H3. The van der Waals surface area contributed by atoms with E-state index in [1.54, 1.807) is 0 Å². The molecule has 4 heterocycles. The monoisotopic (exact) mass is 424 g/mol. The highest BCUT2D eigenvalue weighted by atomic mass is 16.6. The molecule has 3 aliphatic rings. The van der Waals surface area contributed by atoms with Crippen molar-refractivity contribution >= 4 is 11.9 Å². The lowest BCUT2D eigenvalue weighted by molar-refractivity contribution is 0.00386. The molecular weight excluding hydrogens is 392 g/mol. The lowest BCUT2D eigenvalue weighted by atomic mass is 9.64. The summed E-state index contributed by atoms with van der Waals surface area (Å²) in [6.07, 6.45) is 9.21. The Morgan fingerprint density at radius 1 is 1.23 bits per heavy atom. The Balaban J connectivity index is 1.17. The maximum Gasteiger partial charge on any atom is 0.409 e. The first kappa shape index (κ1) is 20.3. The lowest BCUT2D eigenvalue weighted by Crippen LogP contribution is -2.58. The molecule has 0 radical (unpaired) electrons. The van der Waals surface area contributed by atoms with E-state index in [1.807, 2.05) is 48.2 Å². The van der Waals surface area contributed by atoms with Gasteiger partial charge in [0.15, 0.2) is 0 Å². The minimum Gasteiger partial charge on any atom is -0.450 e. The molecule has 2 saturated heterocycles. The molecule has 0 atom stereocenters. The second-order valence-electron chi connectivity index (χ2n) is 9.23. The Labute approximate surface area is 183 Å². The molecule has 0 aromatic carbocycles. The van der Waals surface area contributed by atoms with Crippen LogP contribution in [0.15, 0.2) is 30.7 Å². The highest BCUT2D eigenvalue weighted by Gasteiger charge is 2.51. The predicted octanol–water partition coefficient (Wildman–Crippen LogP) is 2.62. The van der Waals surface area contributed by atoms with Crippen LogP contribution in [0.25, 0.3) is 11.1 Å². The summed E-state index contributed by atoms with van der Waals surface area (Å²) in [6.45, 7) is 8.13. The van der Waals surface area contributed by atoms with Gasteiger partial charge in [-0.3, -0.25) is 9.58 Å². The number of aryl methyl sites for hydroxylation is 1. The van der Waals surface area contributed by atoms with Crippen molar-refractivity contribution in [1.29, 1.82) is 0 Å². The summed E-state index contributed by atoms with van der Waals surface area (Å²) in [6, 6.07) is 4.78. The van der Waals surface area contributed by atoms with Crippen LogP contribution in [0, 0.1) is 5.41 Å². The fourth-order valence-electron chi connectivity index (χ4n) is 5.57. The van der Waals surface area contributed by atoms with Crippen LogP contribution >= 0.6 is 0 Å². The summed E-state index contributed by atoms with van der Waals surface area (Å²) in [7, 11) is 1.94. The van der Waals surface area contributed by atoms with Crippen molar-refractivity contribution in [2.45, 2.75) is 32.2 Å². The lowest BCUT2D eigenvalue weighted by Gasteiger charge is -2.52. The molecule has 166 valence electrons. The van der Waals surface area contributed by atoms with Crippen molar-refractivity contribution in [1.82, 2.24) is 24.6 Å². The fourth-order valence-corrected chi connectivity index (χ4v) is 5.57. The molecule has 3 fully saturated rings. The molecule has 8 nitrogen and oxygen atoms in total. The van der Waals surface area contributed by atoms with Gasteiger partial charge >= 0.3 is 6.09 Å². The number of nitrogens with zero attached hydrogens (tertiary/aromatic N) is 6. The number of amides is 1. The molecule has 2 aromatic heterocycles. The maximum absolute atomic E-state index is 12.0. The molecule has 5 rings (SSSR count). The quantitative estimate of drug-likeness (QED) is 0.752. The smallest absolute Gasteiger partial charge is 0.409 e. The topological polar surface area (TPSA) is 66.7 Å². The number of anilines is 1. The van der Waals surface area contributed by atoms with E-state index < -0.39 is 0 Å². The predicted molar refractivity (Wildman–Crippen MR) is 119 cm³/mol. The molecule has 1 aliphatic carbocycles. The zero-order valence-electron chi connectivity index (χ0n) is 18.5. The number of hydrogen-bond acceptors (Lipinski definition) is 6. The van der Waals surface area contributed by atoms with Gasteiger partial charge in [-0.25, -0.2) is 9.78 Å². The molecule has 0 N–H and O–H groups in total. The van der Waals surface area contributed by atoms with E-state index in [0.717, 1.165) is 62.6 Å². The van der Waals surface area contributed by atoms with Gasteiger partial charge in [0.2, 0.25) is 0 Å². The van der Waals surface area contributed by atoms with Crippen molar-refractivity contribution < 1.29 is 9.53 Å². The molecule has 31 heavy (non-hydrogen) atoms. The van der Waals surface area contributed by atoms with Crippen molar-refractivity contribution in [3.05, 3.63) is 30.7 Å². The molecule has 1 saturated carbocycles. The van der Waals surface area contributed by atoms with Gasteiger partial charge < -0.3 is 14.5 Å². The van der Waals surface area contributed by atoms with Crippen LogP contribution in [0.3, 0.4) is 0 Å². The number of aromatic nitrogens is 3. The third-order valence-electron chi connectivity index (χ3n) is 7.23. The average molecular weight is 425 g/mol.